The van der Waals surface area contributed by atoms with Crippen molar-refractivity contribution < 1.29 is 9.59 Å². The van der Waals surface area contributed by atoms with Crippen molar-refractivity contribution in [2.24, 2.45) is 7.05 Å². The number of hydrogen-bond donors (Lipinski definition) is 1. The van der Waals surface area contributed by atoms with Crippen molar-refractivity contribution in [3.05, 3.63) is 34.2 Å². The highest BCUT2D eigenvalue weighted by Gasteiger charge is 2.16. The second kappa shape index (κ2) is 5.95. The number of nitrogens with zero attached hydrogens (tertiary/aromatic N) is 2. The Kier molecular flexibility index (Phi) is 4.26. The van der Waals surface area contributed by atoms with E-state index in [0.29, 0.717) is 12.8 Å². The van der Waals surface area contributed by atoms with E-state index < -0.39 is 0 Å². The average Bonchev–Trinajstić information content (AvgIpc) is 2.69. The van der Waals surface area contributed by atoms with E-state index in [4.69, 9.17) is 0 Å². The molecule has 0 fully saturated rings. The number of aryl methyl sites for hydroxylation is 2. The lowest BCUT2D eigenvalue weighted by Crippen LogP contribution is -2.26. The quantitative estimate of drug-likeness (QED) is 0.842. The molecule has 112 valence electrons. The number of carbonyl (C=O) groups is 2. The minimum absolute atomic E-state index is 0.0982. The van der Waals surface area contributed by atoms with E-state index in [2.05, 4.69) is 5.32 Å². The molecule has 1 N–H and O–H groups in total. The van der Waals surface area contributed by atoms with Crippen LogP contribution in [0.5, 0.6) is 0 Å². The van der Waals surface area contributed by atoms with Gasteiger partial charge in [-0.3, -0.25) is 24.0 Å². The molecule has 1 unspecified atom stereocenters. The van der Waals surface area contributed by atoms with Gasteiger partial charge in [-0.25, -0.2) is 4.79 Å². The highest BCUT2D eigenvalue weighted by atomic mass is 16.2. The Morgan fingerprint density at radius 3 is 2.76 bits per heavy atom. The zero-order chi connectivity index (χ0) is 15.6. The standard InChI is InChI=1S/C15H19N3O3/c1-10-4-6-12-13(8-10)17(3)15(21)18(12)11(2)5-7-14(20)16-9-19/h4,6,8-9,11H,5,7H2,1-3H3,(H,16,19,20). The summed E-state index contributed by atoms with van der Waals surface area (Å²) in [6.07, 6.45) is 1.07. The van der Waals surface area contributed by atoms with Crippen molar-refractivity contribution in [2.45, 2.75) is 32.7 Å². The van der Waals surface area contributed by atoms with Crippen molar-refractivity contribution in [1.82, 2.24) is 14.5 Å². The minimum atomic E-state index is -0.332. The third-order valence-electron chi connectivity index (χ3n) is 3.69. The first-order valence-electron chi connectivity index (χ1n) is 6.86. The summed E-state index contributed by atoms with van der Waals surface area (Å²) in [5, 5.41) is 2.10. The number of amides is 2. The number of fused-ring (bicyclic) bond motifs is 1. The Hall–Kier alpha value is -2.37. The maximum absolute atomic E-state index is 12.4. The van der Waals surface area contributed by atoms with E-state index in [1.165, 1.54) is 0 Å². The predicted molar refractivity (Wildman–Crippen MR) is 80.1 cm³/mol. The van der Waals surface area contributed by atoms with E-state index in [1.807, 2.05) is 32.0 Å². The molecule has 21 heavy (non-hydrogen) atoms. The van der Waals surface area contributed by atoms with Gasteiger partial charge in [0.15, 0.2) is 0 Å². The number of benzene rings is 1. The molecule has 1 aromatic heterocycles. The summed E-state index contributed by atoms with van der Waals surface area (Å²) in [6, 6.07) is 5.73. The molecule has 0 aliphatic rings. The number of imide groups is 1. The molecule has 2 rings (SSSR count). The summed E-state index contributed by atoms with van der Waals surface area (Å²) in [6.45, 7) is 3.88. The van der Waals surface area contributed by atoms with Gasteiger partial charge < -0.3 is 0 Å². The van der Waals surface area contributed by atoms with Gasteiger partial charge in [0.05, 0.1) is 11.0 Å². The van der Waals surface area contributed by atoms with Gasteiger partial charge in [-0.05, 0) is 38.0 Å². The Morgan fingerprint density at radius 1 is 1.38 bits per heavy atom. The summed E-state index contributed by atoms with van der Waals surface area (Å²) in [5.41, 5.74) is 2.73. The van der Waals surface area contributed by atoms with Gasteiger partial charge in [-0.1, -0.05) is 6.07 Å². The monoisotopic (exact) mass is 289 g/mol. The number of aromatic nitrogens is 2. The first-order chi connectivity index (χ1) is 9.95. The summed E-state index contributed by atoms with van der Waals surface area (Å²) >= 11 is 0. The van der Waals surface area contributed by atoms with Crippen LogP contribution in [0.15, 0.2) is 23.0 Å². The number of imidazole rings is 1. The fourth-order valence-electron chi connectivity index (χ4n) is 2.51. The average molecular weight is 289 g/mol. The smallest absolute Gasteiger partial charge is 0.299 e. The molecule has 0 radical (unpaired) electrons. The van der Waals surface area contributed by atoms with Crippen molar-refractivity contribution in [3.8, 4) is 0 Å². The lowest BCUT2D eigenvalue weighted by Gasteiger charge is -2.13. The molecule has 1 atom stereocenters. The number of rotatable bonds is 5. The van der Waals surface area contributed by atoms with Crippen molar-refractivity contribution in [1.29, 1.82) is 0 Å². The first kappa shape index (κ1) is 15.0. The summed E-state index contributed by atoms with van der Waals surface area (Å²) in [7, 11) is 1.74. The van der Waals surface area contributed by atoms with Gasteiger partial charge in [-0.2, -0.15) is 0 Å². The van der Waals surface area contributed by atoms with Crippen LogP contribution in [0, 0.1) is 6.92 Å². The Balaban J connectivity index is 2.33. The Labute approximate surface area is 122 Å². The largest absolute Gasteiger partial charge is 0.329 e. The van der Waals surface area contributed by atoms with E-state index in [-0.39, 0.29) is 24.1 Å². The van der Waals surface area contributed by atoms with Gasteiger partial charge in [0.1, 0.15) is 0 Å². The molecule has 0 saturated carbocycles. The Bertz CT molecular complexity index is 742. The molecule has 0 spiro atoms. The van der Waals surface area contributed by atoms with Crippen LogP contribution < -0.4 is 11.0 Å². The molecule has 0 bridgehead atoms. The molecule has 2 aromatic rings. The molecule has 6 heteroatoms. The second-order valence-electron chi connectivity index (χ2n) is 5.28. The van der Waals surface area contributed by atoms with Gasteiger partial charge in [0.25, 0.3) is 0 Å². The molecule has 0 saturated heterocycles. The van der Waals surface area contributed by atoms with Crippen LogP contribution in [0.2, 0.25) is 0 Å². The van der Waals surface area contributed by atoms with Crippen LogP contribution in [-0.2, 0) is 16.6 Å². The topological polar surface area (TPSA) is 73.1 Å². The predicted octanol–water partition coefficient (Wildman–Crippen LogP) is 1.26. The first-order valence-corrected chi connectivity index (χ1v) is 6.86. The zero-order valence-corrected chi connectivity index (χ0v) is 12.4. The highest BCUT2D eigenvalue weighted by Crippen LogP contribution is 2.20. The van der Waals surface area contributed by atoms with Gasteiger partial charge >= 0.3 is 5.69 Å². The van der Waals surface area contributed by atoms with Crippen LogP contribution in [0.25, 0.3) is 11.0 Å². The molecular weight excluding hydrogens is 270 g/mol. The highest BCUT2D eigenvalue weighted by molar-refractivity contribution is 5.85. The van der Waals surface area contributed by atoms with E-state index >= 15 is 0 Å². The zero-order valence-electron chi connectivity index (χ0n) is 12.4. The Morgan fingerprint density at radius 2 is 2.10 bits per heavy atom. The maximum atomic E-state index is 12.4. The van der Waals surface area contributed by atoms with Crippen molar-refractivity contribution in [2.75, 3.05) is 0 Å². The van der Waals surface area contributed by atoms with Gasteiger partial charge in [0.2, 0.25) is 12.3 Å². The van der Waals surface area contributed by atoms with Crippen LogP contribution in [0.1, 0.15) is 31.4 Å². The van der Waals surface area contributed by atoms with E-state index in [1.54, 1.807) is 16.2 Å². The summed E-state index contributed by atoms with van der Waals surface area (Å²) in [5.74, 6) is -0.332. The molecule has 1 heterocycles. The fraction of sp³-hybridized carbons (Fsp3) is 0.400. The lowest BCUT2D eigenvalue weighted by atomic mass is 10.1. The number of nitrogens with one attached hydrogen (secondary N) is 1. The molecule has 0 aliphatic carbocycles. The van der Waals surface area contributed by atoms with Crippen LogP contribution in [-0.4, -0.2) is 21.5 Å². The van der Waals surface area contributed by atoms with Crippen LogP contribution >= 0.6 is 0 Å². The molecular formula is C15H19N3O3. The normalized spacial score (nSPS) is 12.3. The third kappa shape index (κ3) is 2.89. The van der Waals surface area contributed by atoms with Crippen molar-refractivity contribution >= 4 is 23.4 Å². The van der Waals surface area contributed by atoms with Crippen molar-refractivity contribution in [3.63, 3.8) is 0 Å². The summed E-state index contributed by atoms with van der Waals surface area (Å²) < 4.78 is 3.31. The van der Waals surface area contributed by atoms with Gasteiger partial charge in [-0.15, -0.1) is 0 Å². The third-order valence-corrected chi connectivity index (χ3v) is 3.69. The molecule has 1 aromatic carbocycles. The van der Waals surface area contributed by atoms with Gasteiger partial charge in [0, 0.05) is 19.5 Å². The summed E-state index contributed by atoms with van der Waals surface area (Å²) in [4.78, 5) is 33.9. The number of hydrogen-bond acceptors (Lipinski definition) is 3. The molecule has 6 nitrogen and oxygen atoms in total. The molecule has 2 amide bonds. The van der Waals surface area contributed by atoms with E-state index in [0.717, 1.165) is 16.6 Å². The SMILES string of the molecule is Cc1ccc2c(c1)n(C)c(=O)n2C(C)CCC(=O)NC=O. The second-order valence-corrected chi connectivity index (χ2v) is 5.28. The van der Waals surface area contributed by atoms with Crippen LogP contribution in [0.3, 0.4) is 0 Å². The fourth-order valence-corrected chi connectivity index (χ4v) is 2.51. The maximum Gasteiger partial charge on any atom is 0.329 e. The minimum Gasteiger partial charge on any atom is -0.299 e. The lowest BCUT2D eigenvalue weighted by molar-refractivity contribution is -0.125. The van der Waals surface area contributed by atoms with E-state index in [9.17, 15) is 14.4 Å². The van der Waals surface area contributed by atoms with Crippen LogP contribution in [0.4, 0.5) is 0 Å². The molecule has 0 aliphatic heterocycles. The number of carbonyl (C=O) groups excluding carboxylic acids is 2.